The first kappa shape index (κ1) is 26.9. The molecule has 5 heteroatoms. The molecule has 1 heterocycles. The highest BCUT2D eigenvalue weighted by molar-refractivity contribution is 6.04. The lowest BCUT2D eigenvalue weighted by Gasteiger charge is -2.21. The summed E-state index contributed by atoms with van der Waals surface area (Å²) in [6, 6.07) is 42.5. The van der Waals surface area contributed by atoms with Crippen molar-refractivity contribution < 1.29 is 18.9 Å². The second kappa shape index (κ2) is 12.5. The summed E-state index contributed by atoms with van der Waals surface area (Å²) in [5.74, 6) is 2.42. The Balaban J connectivity index is 1.61. The van der Waals surface area contributed by atoms with Gasteiger partial charge in [-0.25, -0.2) is 4.98 Å². The minimum Gasteiger partial charge on any atom is -0.493 e. The predicted molar refractivity (Wildman–Crippen MR) is 167 cm³/mol. The Morgan fingerprint density at radius 1 is 0.548 bits per heavy atom. The summed E-state index contributed by atoms with van der Waals surface area (Å²) in [5, 5.41) is 0.913. The second-order valence-corrected chi connectivity index (χ2v) is 9.81. The minimum atomic E-state index is 0.357. The molecule has 0 spiro atoms. The van der Waals surface area contributed by atoms with Crippen molar-refractivity contribution in [3.63, 3.8) is 0 Å². The highest BCUT2D eigenvalue weighted by atomic mass is 16.5. The van der Waals surface area contributed by atoms with Crippen molar-refractivity contribution in [3.05, 3.63) is 139 Å². The van der Waals surface area contributed by atoms with E-state index in [4.69, 9.17) is 23.9 Å². The number of hydrogen-bond donors (Lipinski definition) is 0. The topological polar surface area (TPSA) is 49.8 Å². The molecule has 0 unspecified atom stereocenters. The Morgan fingerprint density at radius 2 is 1.17 bits per heavy atom. The van der Waals surface area contributed by atoms with Gasteiger partial charge in [0.15, 0.2) is 11.5 Å². The summed E-state index contributed by atoms with van der Waals surface area (Å²) in [7, 11) is 3.26. The third-order valence-electron chi connectivity index (χ3n) is 7.13. The van der Waals surface area contributed by atoms with Crippen LogP contribution in [-0.2, 0) is 13.2 Å². The molecule has 0 aliphatic heterocycles. The zero-order valence-corrected chi connectivity index (χ0v) is 23.6. The van der Waals surface area contributed by atoms with Crippen LogP contribution in [-0.4, -0.2) is 19.2 Å². The molecule has 0 bridgehead atoms. The number of pyridine rings is 1. The fourth-order valence-electron chi connectivity index (χ4n) is 5.07. The molecule has 0 aliphatic rings. The lowest BCUT2D eigenvalue weighted by molar-refractivity contribution is 0.286. The van der Waals surface area contributed by atoms with E-state index in [1.54, 1.807) is 14.2 Å². The second-order valence-electron chi connectivity index (χ2n) is 9.81. The Bertz CT molecular complexity index is 1790. The average molecular weight is 554 g/mol. The van der Waals surface area contributed by atoms with Gasteiger partial charge in [-0.1, -0.05) is 109 Å². The van der Waals surface area contributed by atoms with Gasteiger partial charge in [-0.05, 0) is 46.0 Å². The number of nitrogens with zero attached hydrogens (tertiary/aromatic N) is 1. The highest BCUT2D eigenvalue weighted by Crippen LogP contribution is 2.47. The lowest BCUT2D eigenvalue weighted by atomic mass is 9.96. The molecule has 6 rings (SSSR count). The van der Waals surface area contributed by atoms with Gasteiger partial charge >= 0.3 is 0 Å². The molecule has 1 aromatic heterocycles. The maximum absolute atomic E-state index is 6.78. The van der Waals surface area contributed by atoms with Gasteiger partial charge in [-0.3, -0.25) is 0 Å². The number of aromatic nitrogens is 1. The van der Waals surface area contributed by atoms with Gasteiger partial charge in [0.25, 0.3) is 0 Å². The summed E-state index contributed by atoms with van der Waals surface area (Å²) in [6.07, 6.45) is 0. The van der Waals surface area contributed by atoms with Crippen molar-refractivity contribution in [1.82, 2.24) is 4.98 Å². The van der Waals surface area contributed by atoms with Crippen LogP contribution in [0, 0.1) is 0 Å². The van der Waals surface area contributed by atoms with E-state index in [-0.39, 0.29) is 0 Å². The SMILES string of the molecule is COc1ccc(-c2c(OCc3ccccc3)nc3cccc(-c4ccccc4)c3c2OCc2ccccc2)cc1OC. The summed E-state index contributed by atoms with van der Waals surface area (Å²) in [4.78, 5) is 5.09. The Labute approximate surface area is 245 Å². The van der Waals surface area contributed by atoms with E-state index < -0.39 is 0 Å². The first-order valence-corrected chi connectivity index (χ1v) is 13.8. The van der Waals surface area contributed by atoms with Gasteiger partial charge in [0, 0.05) is 0 Å². The normalized spacial score (nSPS) is 10.8. The van der Waals surface area contributed by atoms with Crippen LogP contribution in [0.25, 0.3) is 33.2 Å². The van der Waals surface area contributed by atoms with E-state index in [9.17, 15) is 0 Å². The monoisotopic (exact) mass is 553 g/mol. The number of fused-ring (bicyclic) bond motifs is 1. The third kappa shape index (κ3) is 5.63. The molecule has 0 aliphatic carbocycles. The molecule has 0 N–H and O–H groups in total. The van der Waals surface area contributed by atoms with Gasteiger partial charge in [0.1, 0.15) is 19.0 Å². The van der Waals surface area contributed by atoms with Crippen molar-refractivity contribution in [1.29, 1.82) is 0 Å². The maximum atomic E-state index is 6.78. The minimum absolute atomic E-state index is 0.357. The van der Waals surface area contributed by atoms with Crippen molar-refractivity contribution in [2.45, 2.75) is 13.2 Å². The molecular weight excluding hydrogens is 522 g/mol. The largest absolute Gasteiger partial charge is 0.493 e. The molecule has 42 heavy (non-hydrogen) atoms. The van der Waals surface area contributed by atoms with Gasteiger partial charge in [0.2, 0.25) is 5.88 Å². The smallest absolute Gasteiger partial charge is 0.226 e. The number of benzene rings is 5. The van der Waals surface area contributed by atoms with Crippen LogP contribution < -0.4 is 18.9 Å². The molecule has 0 atom stereocenters. The van der Waals surface area contributed by atoms with Crippen LogP contribution in [0.5, 0.6) is 23.1 Å². The van der Waals surface area contributed by atoms with Crippen LogP contribution >= 0.6 is 0 Å². The summed E-state index contributed by atoms with van der Waals surface area (Å²) < 4.78 is 24.5. The van der Waals surface area contributed by atoms with Crippen LogP contribution in [0.4, 0.5) is 0 Å². The van der Waals surface area contributed by atoms with E-state index in [0.717, 1.165) is 44.3 Å². The molecular formula is C37H31NO4. The van der Waals surface area contributed by atoms with E-state index in [1.807, 2.05) is 97.1 Å². The Hall–Kier alpha value is -5.29. The average Bonchev–Trinajstić information content (AvgIpc) is 3.06. The zero-order chi connectivity index (χ0) is 28.7. The zero-order valence-electron chi connectivity index (χ0n) is 23.6. The molecule has 208 valence electrons. The van der Waals surface area contributed by atoms with Crippen molar-refractivity contribution in [2.75, 3.05) is 14.2 Å². The molecule has 0 amide bonds. The van der Waals surface area contributed by atoms with E-state index in [1.165, 1.54) is 0 Å². The molecule has 5 aromatic carbocycles. The Morgan fingerprint density at radius 3 is 1.81 bits per heavy atom. The van der Waals surface area contributed by atoms with E-state index >= 15 is 0 Å². The summed E-state index contributed by atoms with van der Waals surface area (Å²) in [6.45, 7) is 0.734. The van der Waals surface area contributed by atoms with Crippen LogP contribution in [0.2, 0.25) is 0 Å². The van der Waals surface area contributed by atoms with Crippen molar-refractivity contribution in [2.24, 2.45) is 0 Å². The van der Waals surface area contributed by atoms with Gasteiger partial charge in [-0.15, -0.1) is 0 Å². The molecule has 0 fully saturated rings. The fourth-order valence-corrected chi connectivity index (χ4v) is 5.07. The third-order valence-corrected chi connectivity index (χ3v) is 7.13. The quantitative estimate of drug-likeness (QED) is 0.170. The van der Waals surface area contributed by atoms with Crippen LogP contribution in [0.3, 0.4) is 0 Å². The number of rotatable bonds is 10. The highest BCUT2D eigenvalue weighted by Gasteiger charge is 2.24. The van der Waals surface area contributed by atoms with Crippen LogP contribution in [0.1, 0.15) is 11.1 Å². The van der Waals surface area contributed by atoms with Gasteiger partial charge in [0.05, 0.1) is 30.7 Å². The van der Waals surface area contributed by atoms with Crippen LogP contribution in [0.15, 0.2) is 127 Å². The molecule has 0 saturated heterocycles. The fraction of sp³-hybridized carbons (Fsp3) is 0.108. The lowest BCUT2D eigenvalue weighted by Crippen LogP contribution is -2.05. The van der Waals surface area contributed by atoms with Crippen molar-refractivity contribution in [3.8, 4) is 45.4 Å². The number of methoxy groups -OCH3 is 2. The molecule has 0 radical (unpaired) electrons. The summed E-state index contributed by atoms with van der Waals surface area (Å²) in [5.41, 5.74) is 6.58. The molecule has 6 aromatic rings. The summed E-state index contributed by atoms with van der Waals surface area (Å²) >= 11 is 0. The van der Waals surface area contributed by atoms with Gasteiger partial charge in [-0.2, -0.15) is 0 Å². The first-order valence-electron chi connectivity index (χ1n) is 13.8. The Kier molecular flexibility index (Phi) is 8.00. The maximum Gasteiger partial charge on any atom is 0.226 e. The van der Waals surface area contributed by atoms with Gasteiger partial charge < -0.3 is 18.9 Å². The standard InChI is InChI=1S/C37H31NO4/c1-39-32-22-21-29(23-33(32)40-2)34-36(41-24-26-13-6-3-7-14-26)35-30(28-17-10-5-11-18-28)19-12-20-31(35)38-37(34)42-25-27-15-8-4-9-16-27/h3-23H,24-25H2,1-2H3. The number of hydrogen-bond acceptors (Lipinski definition) is 5. The predicted octanol–water partition coefficient (Wildman–Crippen LogP) is 8.74. The van der Waals surface area contributed by atoms with Crippen molar-refractivity contribution >= 4 is 10.9 Å². The molecule has 0 saturated carbocycles. The van der Waals surface area contributed by atoms with E-state index in [2.05, 4.69) is 30.3 Å². The first-order chi connectivity index (χ1) is 20.7. The molecule has 5 nitrogen and oxygen atoms in total. The number of ether oxygens (including phenoxy) is 4. The van der Waals surface area contributed by atoms with E-state index in [0.29, 0.717) is 36.3 Å².